The van der Waals surface area contributed by atoms with Gasteiger partial charge in [-0.3, -0.25) is 14.6 Å². The first kappa shape index (κ1) is 18.0. The van der Waals surface area contributed by atoms with Crippen molar-refractivity contribution in [3.63, 3.8) is 0 Å². The van der Waals surface area contributed by atoms with Gasteiger partial charge in [-0.25, -0.2) is 4.68 Å². The Morgan fingerprint density at radius 2 is 1.79 bits per heavy atom. The van der Waals surface area contributed by atoms with E-state index in [2.05, 4.69) is 10.1 Å². The molecule has 1 saturated carbocycles. The van der Waals surface area contributed by atoms with Crippen LogP contribution in [-0.2, 0) is 6.54 Å². The van der Waals surface area contributed by atoms with Gasteiger partial charge in [-0.15, -0.1) is 0 Å². The minimum atomic E-state index is -0.0344. The molecule has 0 bridgehead atoms. The monoisotopic (exact) mass is 388 g/mol. The van der Waals surface area contributed by atoms with Crippen LogP contribution in [0.3, 0.4) is 0 Å². The molecule has 0 spiro atoms. The van der Waals surface area contributed by atoms with Gasteiger partial charge >= 0.3 is 0 Å². The molecule has 2 fully saturated rings. The Balaban J connectivity index is 1.26. The first-order valence-corrected chi connectivity index (χ1v) is 10.4. The summed E-state index contributed by atoms with van der Waals surface area (Å²) in [5.74, 6) is 0.889. The molecule has 2 aromatic heterocycles. The molecule has 0 atom stereocenters. The number of pyridine rings is 1. The Hall–Kier alpha value is -3.02. The van der Waals surface area contributed by atoms with Crippen molar-refractivity contribution in [1.82, 2.24) is 19.7 Å². The fourth-order valence-electron chi connectivity index (χ4n) is 4.20. The molecule has 0 radical (unpaired) electrons. The zero-order valence-corrected chi connectivity index (χ0v) is 16.3. The van der Waals surface area contributed by atoms with Crippen molar-refractivity contribution in [1.29, 1.82) is 0 Å². The molecule has 148 valence electrons. The zero-order chi connectivity index (χ0) is 19.8. The summed E-state index contributed by atoms with van der Waals surface area (Å²) in [6.07, 6.45) is 5.80. The number of aromatic nitrogens is 3. The molecule has 29 heavy (non-hydrogen) atoms. The molecule has 1 amide bonds. The Morgan fingerprint density at radius 3 is 2.59 bits per heavy atom. The van der Waals surface area contributed by atoms with Gasteiger partial charge in [-0.05, 0) is 49.1 Å². The maximum atomic E-state index is 13.1. The smallest absolute Gasteiger partial charge is 0.273 e. The van der Waals surface area contributed by atoms with Gasteiger partial charge in [0.05, 0.1) is 5.69 Å². The predicted molar refractivity (Wildman–Crippen MR) is 111 cm³/mol. The lowest BCUT2D eigenvalue weighted by Crippen LogP contribution is -2.40. The maximum absolute atomic E-state index is 13.1. The van der Waals surface area contributed by atoms with Crippen LogP contribution >= 0.6 is 0 Å². The fraction of sp³-hybridized carbons (Fsp3) is 0.391. The topological polar surface area (TPSA) is 68.1 Å². The highest BCUT2D eigenvalue weighted by atomic mass is 16.2. The molecule has 3 aromatic rings. The van der Waals surface area contributed by atoms with Crippen molar-refractivity contribution in [2.24, 2.45) is 5.92 Å². The number of piperidine rings is 1. The van der Waals surface area contributed by atoms with Crippen molar-refractivity contribution in [2.45, 2.75) is 38.1 Å². The molecule has 1 aliphatic heterocycles. The first-order valence-electron chi connectivity index (χ1n) is 10.4. The van der Waals surface area contributed by atoms with E-state index in [-0.39, 0.29) is 11.5 Å². The van der Waals surface area contributed by atoms with Crippen molar-refractivity contribution in [2.75, 3.05) is 13.1 Å². The average Bonchev–Trinajstić information content (AvgIpc) is 3.60. The van der Waals surface area contributed by atoms with Crippen LogP contribution in [0.15, 0.2) is 53.5 Å². The Kier molecular flexibility index (Phi) is 4.62. The number of hydrogen-bond donors (Lipinski definition) is 0. The van der Waals surface area contributed by atoms with Gasteiger partial charge in [0.15, 0.2) is 0 Å². The van der Waals surface area contributed by atoms with Gasteiger partial charge in [0.1, 0.15) is 5.69 Å². The molecule has 0 N–H and O–H groups in total. The van der Waals surface area contributed by atoms with Gasteiger partial charge in [0, 0.05) is 43.2 Å². The van der Waals surface area contributed by atoms with E-state index in [1.165, 1.54) is 12.8 Å². The SMILES string of the molecule is O=C(c1nccc2ccccc12)N1CCC(Cn2nc(C3CC3)ccc2=O)CC1. The van der Waals surface area contributed by atoms with Gasteiger partial charge < -0.3 is 4.90 Å². The molecular formula is C23H24N4O2. The van der Waals surface area contributed by atoms with Gasteiger partial charge in [0.25, 0.3) is 11.5 Å². The summed E-state index contributed by atoms with van der Waals surface area (Å²) < 4.78 is 1.63. The lowest BCUT2D eigenvalue weighted by molar-refractivity contribution is 0.0676. The summed E-state index contributed by atoms with van der Waals surface area (Å²) in [5.41, 5.74) is 1.53. The molecule has 2 aliphatic rings. The van der Waals surface area contributed by atoms with E-state index in [0.29, 0.717) is 37.2 Å². The van der Waals surface area contributed by atoms with E-state index in [0.717, 1.165) is 29.3 Å². The minimum Gasteiger partial charge on any atom is -0.337 e. The maximum Gasteiger partial charge on any atom is 0.273 e. The Labute approximate surface area is 169 Å². The molecule has 1 aliphatic carbocycles. The summed E-state index contributed by atoms with van der Waals surface area (Å²) in [5, 5.41) is 6.51. The van der Waals surface area contributed by atoms with Gasteiger partial charge in [-0.1, -0.05) is 24.3 Å². The van der Waals surface area contributed by atoms with Crippen LogP contribution in [0.2, 0.25) is 0 Å². The third kappa shape index (κ3) is 3.67. The van der Waals surface area contributed by atoms with Gasteiger partial charge in [-0.2, -0.15) is 5.10 Å². The zero-order valence-electron chi connectivity index (χ0n) is 16.3. The number of benzene rings is 1. The third-order valence-corrected chi connectivity index (χ3v) is 6.09. The van der Waals surface area contributed by atoms with E-state index in [4.69, 9.17) is 0 Å². The van der Waals surface area contributed by atoms with Crippen molar-refractivity contribution >= 4 is 16.7 Å². The van der Waals surface area contributed by atoms with E-state index in [1.54, 1.807) is 16.9 Å². The van der Waals surface area contributed by atoms with Crippen LogP contribution in [0.5, 0.6) is 0 Å². The molecule has 0 unspecified atom stereocenters. The number of nitrogens with zero attached hydrogens (tertiary/aromatic N) is 4. The summed E-state index contributed by atoms with van der Waals surface area (Å²) in [7, 11) is 0. The molecular weight excluding hydrogens is 364 g/mol. The Morgan fingerprint density at radius 1 is 1.00 bits per heavy atom. The highest BCUT2D eigenvalue weighted by Crippen LogP contribution is 2.38. The van der Waals surface area contributed by atoms with Crippen LogP contribution in [0.4, 0.5) is 0 Å². The lowest BCUT2D eigenvalue weighted by Gasteiger charge is -2.32. The predicted octanol–water partition coefficient (Wildman–Crippen LogP) is 3.22. The van der Waals surface area contributed by atoms with E-state index < -0.39 is 0 Å². The van der Waals surface area contributed by atoms with Crippen molar-refractivity contribution in [3.8, 4) is 0 Å². The molecule has 6 heteroatoms. The number of fused-ring (bicyclic) bond motifs is 1. The second kappa shape index (κ2) is 7.43. The number of carbonyl (C=O) groups excluding carboxylic acids is 1. The normalized spacial score (nSPS) is 17.6. The van der Waals surface area contributed by atoms with E-state index in [9.17, 15) is 9.59 Å². The fourth-order valence-corrected chi connectivity index (χ4v) is 4.20. The first-order chi connectivity index (χ1) is 14.2. The Bertz CT molecular complexity index is 1110. The molecule has 1 aromatic carbocycles. The minimum absolute atomic E-state index is 0.00808. The number of rotatable bonds is 4. The second-order valence-corrected chi connectivity index (χ2v) is 8.17. The molecule has 3 heterocycles. The van der Waals surface area contributed by atoms with Crippen LogP contribution in [-0.4, -0.2) is 38.7 Å². The molecule has 6 nitrogen and oxygen atoms in total. The number of carbonyl (C=O) groups is 1. The van der Waals surface area contributed by atoms with Crippen LogP contribution in [0.1, 0.15) is 47.8 Å². The highest BCUT2D eigenvalue weighted by molar-refractivity contribution is 6.05. The van der Waals surface area contributed by atoms with Crippen molar-refractivity contribution < 1.29 is 4.79 Å². The summed E-state index contributed by atoms with van der Waals surface area (Å²) in [6.45, 7) is 2.00. The van der Waals surface area contributed by atoms with Crippen LogP contribution in [0.25, 0.3) is 10.8 Å². The molecule has 5 rings (SSSR count). The number of likely N-dealkylation sites (tertiary alicyclic amines) is 1. The third-order valence-electron chi connectivity index (χ3n) is 6.09. The number of amides is 1. The summed E-state index contributed by atoms with van der Waals surface area (Å²) >= 11 is 0. The van der Waals surface area contributed by atoms with Crippen LogP contribution < -0.4 is 5.56 Å². The summed E-state index contributed by atoms with van der Waals surface area (Å²) in [6, 6.07) is 13.3. The standard InChI is InChI=1S/C23H24N4O2/c28-21-8-7-20(18-5-6-18)25-27(21)15-16-10-13-26(14-11-16)23(29)22-19-4-2-1-3-17(19)9-12-24-22/h1-4,7-9,12,16,18H,5-6,10-11,13-15H2. The molecule has 1 saturated heterocycles. The van der Waals surface area contributed by atoms with Crippen LogP contribution in [0, 0.1) is 5.92 Å². The van der Waals surface area contributed by atoms with E-state index in [1.807, 2.05) is 41.3 Å². The summed E-state index contributed by atoms with van der Waals surface area (Å²) in [4.78, 5) is 31.5. The van der Waals surface area contributed by atoms with Crippen molar-refractivity contribution in [3.05, 3.63) is 70.4 Å². The lowest BCUT2D eigenvalue weighted by atomic mass is 9.96. The number of hydrogen-bond acceptors (Lipinski definition) is 4. The highest BCUT2D eigenvalue weighted by Gasteiger charge is 2.28. The van der Waals surface area contributed by atoms with Gasteiger partial charge in [0.2, 0.25) is 0 Å². The second-order valence-electron chi connectivity index (χ2n) is 8.17. The average molecular weight is 388 g/mol. The van der Waals surface area contributed by atoms with E-state index >= 15 is 0 Å². The largest absolute Gasteiger partial charge is 0.337 e. The quantitative estimate of drug-likeness (QED) is 0.688.